The van der Waals surface area contributed by atoms with Crippen molar-refractivity contribution in [3.63, 3.8) is 0 Å². The minimum absolute atomic E-state index is 0.0140. The van der Waals surface area contributed by atoms with Gasteiger partial charge in [-0.3, -0.25) is 14.3 Å². The van der Waals surface area contributed by atoms with Gasteiger partial charge in [0.1, 0.15) is 0 Å². The van der Waals surface area contributed by atoms with Gasteiger partial charge in [-0.2, -0.15) is 13.2 Å². The first-order chi connectivity index (χ1) is 15.7. The Balaban J connectivity index is 1.65. The molecule has 174 valence electrons. The molecule has 33 heavy (non-hydrogen) atoms. The molecule has 1 fully saturated rings. The quantitative estimate of drug-likeness (QED) is 0.489. The fourth-order valence-electron chi connectivity index (χ4n) is 4.18. The van der Waals surface area contributed by atoms with E-state index < -0.39 is 11.7 Å². The maximum absolute atomic E-state index is 13.4. The summed E-state index contributed by atoms with van der Waals surface area (Å²) < 4.78 is 41.6. The third kappa shape index (κ3) is 5.38. The molecule has 1 amide bonds. The summed E-state index contributed by atoms with van der Waals surface area (Å²) in [6.07, 6.45) is -0.216. The largest absolute Gasteiger partial charge is 0.416 e. The standard InChI is InChI=1S/C23H24F3N5OS/c1-15-9-16(2)13-30(12-15)20(32)14-33-22-29-28-21(17-5-4-8-27-11-17)31(22)19-7-3-6-18(10-19)23(24,25)26/h3-8,10-11,15-16H,9,12-14H2,1-2H3/t15-,16+. The summed E-state index contributed by atoms with van der Waals surface area (Å²) >= 11 is 1.17. The predicted octanol–water partition coefficient (Wildman–Crippen LogP) is 4.94. The monoisotopic (exact) mass is 475 g/mol. The molecule has 0 N–H and O–H groups in total. The van der Waals surface area contributed by atoms with Gasteiger partial charge in [0.15, 0.2) is 11.0 Å². The van der Waals surface area contributed by atoms with Crippen molar-refractivity contribution in [2.24, 2.45) is 11.8 Å². The van der Waals surface area contributed by atoms with Gasteiger partial charge in [0, 0.05) is 31.0 Å². The number of benzene rings is 1. The van der Waals surface area contributed by atoms with Crippen LogP contribution in [0.15, 0.2) is 53.9 Å². The van der Waals surface area contributed by atoms with Gasteiger partial charge in [-0.1, -0.05) is 31.7 Å². The normalized spacial score (nSPS) is 19.0. The van der Waals surface area contributed by atoms with Gasteiger partial charge >= 0.3 is 6.18 Å². The van der Waals surface area contributed by atoms with Gasteiger partial charge in [0.25, 0.3) is 0 Å². The highest BCUT2D eigenvalue weighted by molar-refractivity contribution is 7.99. The molecule has 3 aromatic rings. The number of hydrogen-bond acceptors (Lipinski definition) is 5. The van der Waals surface area contributed by atoms with Crippen LogP contribution in [0, 0.1) is 11.8 Å². The number of amides is 1. The number of aromatic nitrogens is 4. The zero-order valence-corrected chi connectivity index (χ0v) is 19.1. The first-order valence-corrected chi connectivity index (χ1v) is 11.6. The molecule has 1 aliphatic heterocycles. The summed E-state index contributed by atoms with van der Waals surface area (Å²) in [5.41, 5.74) is 0.109. The Morgan fingerprint density at radius 2 is 1.88 bits per heavy atom. The van der Waals surface area contributed by atoms with Crippen molar-refractivity contribution in [3.8, 4) is 17.1 Å². The van der Waals surface area contributed by atoms with Crippen molar-refractivity contribution in [1.82, 2.24) is 24.6 Å². The highest BCUT2D eigenvalue weighted by atomic mass is 32.2. The fraction of sp³-hybridized carbons (Fsp3) is 0.391. The summed E-state index contributed by atoms with van der Waals surface area (Å²) in [7, 11) is 0. The number of pyridine rings is 1. The minimum atomic E-state index is -4.48. The topological polar surface area (TPSA) is 63.9 Å². The Kier molecular flexibility index (Phi) is 6.73. The Morgan fingerprint density at radius 1 is 1.12 bits per heavy atom. The predicted molar refractivity (Wildman–Crippen MR) is 120 cm³/mol. The van der Waals surface area contributed by atoms with Crippen LogP contribution in [0.25, 0.3) is 17.1 Å². The molecule has 1 aromatic carbocycles. The third-order valence-corrected chi connectivity index (χ3v) is 6.44. The van der Waals surface area contributed by atoms with E-state index in [-0.39, 0.29) is 17.3 Å². The van der Waals surface area contributed by atoms with Gasteiger partial charge in [-0.05, 0) is 48.6 Å². The molecule has 0 saturated carbocycles. The van der Waals surface area contributed by atoms with Crippen molar-refractivity contribution < 1.29 is 18.0 Å². The number of thioether (sulfide) groups is 1. The molecular formula is C23H24F3N5OS. The number of nitrogens with zero attached hydrogens (tertiary/aromatic N) is 5. The molecule has 0 spiro atoms. The second-order valence-corrected chi connectivity index (χ2v) is 9.41. The number of alkyl halides is 3. The highest BCUT2D eigenvalue weighted by Crippen LogP contribution is 2.33. The molecule has 1 saturated heterocycles. The van der Waals surface area contributed by atoms with E-state index >= 15 is 0 Å². The minimum Gasteiger partial charge on any atom is -0.341 e. The van der Waals surface area contributed by atoms with Crippen LogP contribution >= 0.6 is 11.8 Å². The van der Waals surface area contributed by atoms with E-state index in [1.54, 1.807) is 35.2 Å². The van der Waals surface area contributed by atoms with E-state index in [0.717, 1.165) is 18.6 Å². The van der Waals surface area contributed by atoms with Crippen molar-refractivity contribution >= 4 is 17.7 Å². The van der Waals surface area contributed by atoms with E-state index in [9.17, 15) is 18.0 Å². The lowest BCUT2D eigenvalue weighted by Gasteiger charge is -2.34. The van der Waals surface area contributed by atoms with Crippen LogP contribution in [0.5, 0.6) is 0 Å². The van der Waals surface area contributed by atoms with Gasteiger partial charge in [0.05, 0.1) is 17.0 Å². The molecular weight excluding hydrogens is 451 g/mol. The average Bonchev–Trinajstić information content (AvgIpc) is 3.21. The lowest BCUT2D eigenvalue weighted by molar-refractivity contribution is -0.137. The Labute approximate surface area is 194 Å². The molecule has 1 aliphatic rings. The molecule has 6 nitrogen and oxygen atoms in total. The van der Waals surface area contributed by atoms with Gasteiger partial charge < -0.3 is 4.90 Å². The summed E-state index contributed by atoms with van der Waals surface area (Å²) in [4.78, 5) is 18.8. The molecule has 0 bridgehead atoms. The van der Waals surface area contributed by atoms with E-state index in [4.69, 9.17) is 0 Å². The fourth-order valence-corrected chi connectivity index (χ4v) is 5.04. The van der Waals surface area contributed by atoms with Crippen LogP contribution in [0.3, 0.4) is 0 Å². The summed E-state index contributed by atoms with van der Waals surface area (Å²) in [5.74, 6) is 1.35. The second kappa shape index (κ2) is 9.54. The molecule has 2 aromatic heterocycles. The smallest absolute Gasteiger partial charge is 0.341 e. The van der Waals surface area contributed by atoms with Crippen LogP contribution < -0.4 is 0 Å². The van der Waals surface area contributed by atoms with E-state index in [2.05, 4.69) is 29.0 Å². The van der Waals surface area contributed by atoms with Gasteiger partial charge in [-0.15, -0.1) is 10.2 Å². The highest BCUT2D eigenvalue weighted by Gasteiger charge is 2.31. The third-order valence-electron chi connectivity index (χ3n) is 5.53. The number of hydrogen-bond donors (Lipinski definition) is 0. The van der Waals surface area contributed by atoms with Crippen LogP contribution in [-0.4, -0.2) is 49.4 Å². The maximum Gasteiger partial charge on any atom is 0.416 e. The van der Waals surface area contributed by atoms with Crippen molar-refractivity contribution in [3.05, 3.63) is 54.4 Å². The lowest BCUT2D eigenvalue weighted by atomic mass is 9.92. The lowest BCUT2D eigenvalue weighted by Crippen LogP contribution is -2.43. The zero-order chi connectivity index (χ0) is 23.6. The summed E-state index contributed by atoms with van der Waals surface area (Å²) in [5, 5.41) is 8.77. The van der Waals surface area contributed by atoms with Crippen LogP contribution in [0.4, 0.5) is 13.2 Å². The van der Waals surface area contributed by atoms with Crippen molar-refractivity contribution in [2.45, 2.75) is 31.6 Å². The molecule has 0 radical (unpaired) electrons. The average molecular weight is 476 g/mol. The van der Waals surface area contributed by atoms with Crippen LogP contribution in [0.1, 0.15) is 25.8 Å². The number of halogens is 3. The molecule has 2 atom stereocenters. The molecule has 4 rings (SSSR count). The van der Waals surface area contributed by atoms with Crippen LogP contribution in [0.2, 0.25) is 0 Å². The number of carbonyl (C=O) groups excluding carboxylic acids is 1. The SMILES string of the molecule is C[C@@H]1C[C@H](C)CN(C(=O)CSc2nnc(-c3cccnc3)n2-c2cccc(C(F)(F)F)c2)C1. The number of carbonyl (C=O) groups is 1. The Hall–Kier alpha value is -2.88. The maximum atomic E-state index is 13.4. The zero-order valence-electron chi connectivity index (χ0n) is 18.3. The molecule has 10 heteroatoms. The van der Waals surface area contributed by atoms with Crippen molar-refractivity contribution in [2.75, 3.05) is 18.8 Å². The Bertz CT molecular complexity index is 1110. The van der Waals surface area contributed by atoms with Gasteiger partial charge in [0.2, 0.25) is 5.91 Å². The molecule has 3 heterocycles. The first-order valence-electron chi connectivity index (χ1n) is 10.7. The number of rotatable bonds is 5. The Morgan fingerprint density at radius 3 is 2.55 bits per heavy atom. The first kappa shape index (κ1) is 23.3. The number of likely N-dealkylation sites (tertiary alicyclic amines) is 1. The van der Waals surface area contributed by atoms with E-state index in [1.807, 2.05) is 4.90 Å². The van der Waals surface area contributed by atoms with E-state index in [0.29, 0.717) is 41.5 Å². The van der Waals surface area contributed by atoms with Gasteiger partial charge in [-0.25, -0.2) is 0 Å². The van der Waals surface area contributed by atoms with Crippen LogP contribution in [-0.2, 0) is 11.0 Å². The second-order valence-electron chi connectivity index (χ2n) is 8.46. The summed E-state index contributed by atoms with van der Waals surface area (Å²) in [6, 6.07) is 8.47. The van der Waals surface area contributed by atoms with E-state index in [1.165, 1.54) is 17.8 Å². The molecule has 0 unspecified atom stereocenters. The molecule has 0 aliphatic carbocycles. The van der Waals surface area contributed by atoms with Crippen molar-refractivity contribution in [1.29, 1.82) is 0 Å². The summed E-state index contributed by atoms with van der Waals surface area (Å²) in [6.45, 7) is 5.69. The number of piperidine rings is 1.